The molecular weight excluding hydrogens is 292 g/mol. The van der Waals surface area contributed by atoms with Gasteiger partial charge in [-0.05, 0) is 44.9 Å². The van der Waals surface area contributed by atoms with Gasteiger partial charge in [-0.3, -0.25) is 0 Å². The van der Waals surface area contributed by atoms with Gasteiger partial charge in [-0.2, -0.15) is 4.31 Å². The molecule has 1 aromatic rings. The Morgan fingerprint density at radius 3 is 2.52 bits per heavy atom. The third-order valence-corrected chi connectivity index (χ3v) is 6.01. The predicted molar refractivity (Wildman–Crippen MR) is 79.4 cm³/mol. The van der Waals surface area contributed by atoms with Crippen molar-refractivity contribution < 1.29 is 17.9 Å². The number of esters is 1. The SMILES string of the molecule is COC(=O)c1ccc(S(=O)(=O)N2CCCC2(C)C)c(N)c1. The Morgan fingerprint density at radius 2 is 2.05 bits per heavy atom. The summed E-state index contributed by atoms with van der Waals surface area (Å²) in [6.45, 7) is 4.28. The third-order valence-electron chi connectivity index (χ3n) is 3.82. The largest absolute Gasteiger partial charge is 0.465 e. The van der Waals surface area contributed by atoms with E-state index in [0.29, 0.717) is 6.54 Å². The normalized spacial score (nSPS) is 18.6. The third kappa shape index (κ3) is 2.75. The van der Waals surface area contributed by atoms with E-state index in [1.54, 1.807) is 0 Å². The number of carbonyl (C=O) groups excluding carboxylic acids is 1. The Hall–Kier alpha value is -1.60. The highest BCUT2D eigenvalue weighted by atomic mass is 32.2. The van der Waals surface area contributed by atoms with Crippen molar-refractivity contribution in [1.29, 1.82) is 0 Å². The van der Waals surface area contributed by atoms with E-state index >= 15 is 0 Å². The molecule has 6 nitrogen and oxygen atoms in total. The van der Waals surface area contributed by atoms with Crippen LogP contribution >= 0.6 is 0 Å². The van der Waals surface area contributed by atoms with Gasteiger partial charge in [0.2, 0.25) is 10.0 Å². The number of hydrogen-bond donors (Lipinski definition) is 1. The van der Waals surface area contributed by atoms with Crippen LogP contribution in [0.15, 0.2) is 23.1 Å². The number of methoxy groups -OCH3 is 1. The van der Waals surface area contributed by atoms with Crippen molar-refractivity contribution in [2.45, 2.75) is 37.1 Å². The van der Waals surface area contributed by atoms with Crippen LogP contribution in [0.2, 0.25) is 0 Å². The van der Waals surface area contributed by atoms with Gasteiger partial charge in [0, 0.05) is 12.1 Å². The van der Waals surface area contributed by atoms with Gasteiger partial charge in [0.15, 0.2) is 0 Å². The van der Waals surface area contributed by atoms with E-state index in [9.17, 15) is 13.2 Å². The van der Waals surface area contributed by atoms with Crippen LogP contribution in [0.1, 0.15) is 37.0 Å². The minimum atomic E-state index is -3.67. The molecule has 0 radical (unpaired) electrons. The van der Waals surface area contributed by atoms with Gasteiger partial charge in [-0.25, -0.2) is 13.2 Å². The van der Waals surface area contributed by atoms with Crippen LogP contribution in [-0.4, -0.2) is 37.9 Å². The molecule has 0 bridgehead atoms. The molecule has 0 unspecified atom stereocenters. The highest BCUT2D eigenvalue weighted by Gasteiger charge is 2.41. The van der Waals surface area contributed by atoms with Gasteiger partial charge in [0.1, 0.15) is 4.90 Å². The molecule has 21 heavy (non-hydrogen) atoms. The maximum atomic E-state index is 12.8. The molecule has 1 heterocycles. The number of benzene rings is 1. The Labute approximate surface area is 124 Å². The summed E-state index contributed by atoms with van der Waals surface area (Å²) in [7, 11) is -2.41. The number of nitrogen functional groups attached to an aromatic ring is 1. The first-order valence-corrected chi connectivity index (χ1v) is 8.15. The Morgan fingerprint density at radius 1 is 1.38 bits per heavy atom. The highest BCUT2D eigenvalue weighted by Crippen LogP contribution is 2.35. The van der Waals surface area contributed by atoms with E-state index in [1.165, 1.54) is 29.6 Å². The molecule has 0 atom stereocenters. The van der Waals surface area contributed by atoms with Crippen LogP contribution < -0.4 is 5.73 Å². The van der Waals surface area contributed by atoms with Crippen molar-refractivity contribution in [3.8, 4) is 0 Å². The summed E-state index contributed by atoms with van der Waals surface area (Å²) >= 11 is 0. The van der Waals surface area contributed by atoms with E-state index in [1.807, 2.05) is 13.8 Å². The number of hydrogen-bond acceptors (Lipinski definition) is 5. The molecule has 1 aliphatic rings. The summed E-state index contributed by atoms with van der Waals surface area (Å²) in [5.74, 6) is -0.549. The van der Waals surface area contributed by atoms with Gasteiger partial charge in [0.05, 0.1) is 18.4 Å². The number of anilines is 1. The zero-order chi connectivity index (χ0) is 15.8. The molecule has 2 rings (SSSR count). The molecule has 1 aliphatic heterocycles. The molecule has 116 valence electrons. The summed E-state index contributed by atoms with van der Waals surface area (Å²) in [5, 5.41) is 0. The van der Waals surface area contributed by atoms with E-state index in [4.69, 9.17) is 5.73 Å². The second kappa shape index (κ2) is 5.31. The minimum Gasteiger partial charge on any atom is -0.465 e. The Kier molecular flexibility index (Phi) is 3.99. The number of rotatable bonds is 3. The molecule has 0 aliphatic carbocycles. The topological polar surface area (TPSA) is 89.7 Å². The van der Waals surface area contributed by atoms with Crippen LogP contribution in [0.25, 0.3) is 0 Å². The van der Waals surface area contributed by atoms with Crippen LogP contribution in [0.3, 0.4) is 0 Å². The summed E-state index contributed by atoms with van der Waals surface area (Å²) in [6.07, 6.45) is 1.64. The number of nitrogens with two attached hydrogens (primary N) is 1. The maximum absolute atomic E-state index is 12.8. The summed E-state index contributed by atoms with van der Waals surface area (Å²) in [5.41, 5.74) is 5.71. The lowest BCUT2D eigenvalue weighted by atomic mass is 10.0. The van der Waals surface area contributed by atoms with Crippen molar-refractivity contribution in [2.24, 2.45) is 0 Å². The smallest absolute Gasteiger partial charge is 0.337 e. The van der Waals surface area contributed by atoms with Gasteiger partial charge < -0.3 is 10.5 Å². The quantitative estimate of drug-likeness (QED) is 0.676. The Balaban J connectivity index is 2.44. The standard InChI is InChI=1S/C14H20N2O4S/c1-14(2)7-4-8-16(14)21(18,19)12-6-5-10(9-11(12)15)13(17)20-3/h5-6,9H,4,7-8,15H2,1-3H3. The van der Waals surface area contributed by atoms with E-state index in [0.717, 1.165) is 12.8 Å². The molecule has 0 spiro atoms. The average molecular weight is 312 g/mol. The summed E-state index contributed by atoms with van der Waals surface area (Å²) < 4.78 is 31.6. The van der Waals surface area contributed by atoms with Gasteiger partial charge in [-0.15, -0.1) is 0 Å². The van der Waals surface area contributed by atoms with Gasteiger partial charge in [-0.1, -0.05) is 0 Å². The molecule has 1 aromatic carbocycles. The van der Waals surface area contributed by atoms with Gasteiger partial charge in [0.25, 0.3) is 0 Å². The Bertz CT molecular complexity index is 668. The predicted octanol–water partition coefficient (Wildman–Crippen LogP) is 1.62. The van der Waals surface area contributed by atoms with Crippen molar-refractivity contribution in [2.75, 3.05) is 19.4 Å². The van der Waals surface area contributed by atoms with Crippen LogP contribution in [-0.2, 0) is 14.8 Å². The number of nitrogens with zero attached hydrogens (tertiary/aromatic N) is 1. The van der Waals surface area contributed by atoms with Crippen LogP contribution in [0.5, 0.6) is 0 Å². The van der Waals surface area contributed by atoms with Gasteiger partial charge >= 0.3 is 5.97 Å². The van der Waals surface area contributed by atoms with Crippen molar-refractivity contribution in [3.05, 3.63) is 23.8 Å². The lowest BCUT2D eigenvalue weighted by molar-refractivity contribution is 0.0600. The number of ether oxygens (including phenoxy) is 1. The minimum absolute atomic E-state index is 0.0325. The first kappa shape index (κ1) is 15.8. The molecule has 0 aromatic heterocycles. The summed E-state index contributed by atoms with van der Waals surface area (Å²) in [4.78, 5) is 11.5. The van der Waals surface area contributed by atoms with Crippen LogP contribution in [0, 0.1) is 0 Å². The second-order valence-electron chi connectivity index (χ2n) is 5.74. The molecule has 1 saturated heterocycles. The fourth-order valence-electron chi connectivity index (χ4n) is 2.68. The molecule has 0 saturated carbocycles. The number of carbonyl (C=O) groups is 1. The zero-order valence-electron chi connectivity index (χ0n) is 12.4. The highest BCUT2D eigenvalue weighted by molar-refractivity contribution is 7.89. The van der Waals surface area contributed by atoms with Crippen LogP contribution in [0.4, 0.5) is 5.69 Å². The van der Waals surface area contributed by atoms with Crippen molar-refractivity contribution >= 4 is 21.7 Å². The van der Waals surface area contributed by atoms with Crippen molar-refractivity contribution in [1.82, 2.24) is 4.31 Å². The first-order valence-electron chi connectivity index (χ1n) is 6.71. The van der Waals surface area contributed by atoms with E-state index in [-0.39, 0.29) is 16.1 Å². The molecule has 0 amide bonds. The molecular formula is C14H20N2O4S. The average Bonchev–Trinajstić information content (AvgIpc) is 2.77. The fraction of sp³-hybridized carbons (Fsp3) is 0.500. The maximum Gasteiger partial charge on any atom is 0.337 e. The lowest BCUT2D eigenvalue weighted by Gasteiger charge is -2.30. The lowest BCUT2D eigenvalue weighted by Crippen LogP contribution is -2.42. The first-order chi connectivity index (χ1) is 9.70. The zero-order valence-corrected chi connectivity index (χ0v) is 13.2. The summed E-state index contributed by atoms with van der Waals surface area (Å²) in [6, 6.07) is 4.12. The monoisotopic (exact) mass is 312 g/mol. The number of sulfonamides is 1. The second-order valence-corrected chi connectivity index (χ2v) is 7.57. The molecule has 2 N–H and O–H groups in total. The van der Waals surface area contributed by atoms with E-state index < -0.39 is 21.5 Å². The fourth-order valence-corrected chi connectivity index (χ4v) is 4.62. The van der Waals surface area contributed by atoms with E-state index in [2.05, 4.69) is 4.74 Å². The molecule has 1 fully saturated rings. The molecule has 7 heteroatoms. The van der Waals surface area contributed by atoms with Crippen molar-refractivity contribution in [3.63, 3.8) is 0 Å².